The first kappa shape index (κ1) is 9.77. The van der Waals surface area contributed by atoms with Crippen LogP contribution in [0.5, 0.6) is 0 Å². The first-order chi connectivity index (χ1) is 6.59. The van der Waals surface area contributed by atoms with Gasteiger partial charge in [0.05, 0.1) is 0 Å². The molecule has 3 atom stereocenters. The van der Waals surface area contributed by atoms with Crippen LogP contribution in [-0.4, -0.2) is 30.4 Å². The zero-order valence-electron chi connectivity index (χ0n) is 8.09. The lowest BCUT2D eigenvalue weighted by Crippen LogP contribution is -2.52. The average Bonchev–Trinajstić information content (AvgIpc) is 2.44. The number of halogens is 1. The zero-order chi connectivity index (χ0) is 10.3. The normalized spacial score (nSPS) is 42.7. The third-order valence-electron chi connectivity index (χ3n) is 3.38. The summed E-state index contributed by atoms with van der Waals surface area (Å²) in [5.41, 5.74) is -1.89. The summed E-state index contributed by atoms with van der Waals surface area (Å²) in [6.07, 6.45) is 0.107. The molecule has 0 aromatic rings. The number of methoxy groups -OCH3 is 1. The van der Waals surface area contributed by atoms with Crippen molar-refractivity contribution in [2.75, 3.05) is 7.11 Å². The topological polar surface area (TPSA) is 43.4 Å². The molecule has 0 radical (unpaired) electrons. The second-order valence-corrected chi connectivity index (χ2v) is 4.10. The lowest BCUT2D eigenvalue weighted by atomic mass is 9.76. The van der Waals surface area contributed by atoms with E-state index in [4.69, 9.17) is 4.74 Å². The molecular weight excluding hydrogens is 187 g/mol. The number of hydrogen-bond acceptors (Lipinski definition) is 3. The molecule has 0 saturated heterocycles. The fraction of sp³-hybridized carbons (Fsp3) is 0.800. The second kappa shape index (κ2) is 3.12. The fourth-order valence-corrected chi connectivity index (χ4v) is 2.60. The van der Waals surface area contributed by atoms with Gasteiger partial charge in [-0.1, -0.05) is 0 Å². The zero-order valence-corrected chi connectivity index (χ0v) is 8.09. The predicted octanol–water partition coefficient (Wildman–Crippen LogP) is 1.05. The maximum absolute atomic E-state index is 14.4. The van der Waals surface area contributed by atoms with Crippen LogP contribution in [0.15, 0.2) is 0 Å². The number of ether oxygens (including phenoxy) is 1. The smallest absolute Gasteiger partial charge is 0.198 e. The Balaban J connectivity index is 2.32. The van der Waals surface area contributed by atoms with Crippen molar-refractivity contribution in [2.24, 2.45) is 5.92 Å². The van der Waals surface area contributed by atoms with Crippen LogP contribution < -0.4 is 0 Å². The summed E-state index contributed by atoms with van der Waals surface area (Å²) in [5, 5.41) is 0. The molecule has 3 unspecified atom stereocenters. The van der Waals surface area contributed by atoms with Crippen molar-refractivity contribution in [1.29, 1.82) is 0 Å². The van der Waals surface area contributed by atoms with Crippen molar-refractivity contribution in [1.82, 2.24) is 0 Å². The van der Waals surface area contributed by atoms with Gasteiger partial charge < -0.3 is 4.74 Å². The maximum atomic E-state index is 14.4. The van der Waals surface area contributed by atoms with Crippen molar-refractivity contribution >= 4 is 11.6 Å². The van der Waals surface area contributed by atoms with E-state index in [1.165, 1.54) is 7.11 Å². The Hall–Kier alpha value is -0.770. The molecule has 4 heteroatoms. The van der Waals surface area contributed by atoms with Crippen LogP contribution in [0.3, 0.4) is 0 Å². The van der Waals surface area contributed by atoms with Crippen molar-refractivity contribution < 1.29 is 18.7 Å². The molecule has 0 spiro atoms. The Morgan fingerprint density at radius 1 is 1.43 bits per heavy atom. The van der Waals surface area contributed by atoms with E-state index in [0.717, 1.165) is 0 Å². The van der Waals surface area contributed by atoms with Gasteiger partial charge in [0.1, 0.15) is 11.9 Å². The Bertz CT molecular complexity index is 289. The van der Waals surface area contributed by atoms with E-state index in [1.54, 1.807) is 0 Å². The van der Waals surface area contributed by atoms with Gasteiger partial charge in [-0.3, -0.25) is 9.59 Å². The van der Waals surface area contributed by atoms with Gasteiger partial charge in [-0.05, 0) is 6.42 Å². The quantitative estimate of drug-likeness (QED) is 0.635. The Morgan fingerprint density at radius 3 is 2.79 bits per heavy atom. The highest BCUT2D eigenvalue weighted by Crippen LogP contribution is 2.46. The molecule has 2 saturated carbocycles. The first-order valence-electron chi connectivity index (χ1n) is 4.85. The molecule has 78 valence electrons. The van der Waals surface area contributed by atoms with E-state index in [9.17, 15) is 14.0 Å². The highest BCUT2D eigenvalue weighted by atomic mass is 19.1. The minimum atomic E-state index is -1.89. The Morgan fingerprint density at radius 2 is 2.14 bits per heavy atom. The molecule has 0 aromatic carbocycles. The molecule has 3 nitrogen and oxygen atoms in total. The lowest BCUT2D eigenvalue weighted by Gasteiger charge is -2.36. The largest absolute Gasteiger partial charge is 0.377 e. The van der Waals surface area contributed by atoms with Crippen molar-refractivity contribution in [2.45, 2.75) is 37.5 Å². The fourth-order valence-electron chi connectivity index (χ4n) is 2.60. The van der Waals surface area contributed by atoms with Gasteiger partial charge in [-0.25, -0.2) is 4.39 Å². The van der Waals surface area contributed by atoms with Crippen LogP contribution in [0, 0.1) is 5.92 Å². The molecule has 0 bridgehead atoms. The molecule has 0 aliphatic heterocycles. The number of carbonyl (C=O) groups is 2. The molecular formula is C10H13FO3. The number of Topliss-reactive ketones (excluding diaryl/α,β-unsaturated/α-hetero) is 2. The Kier molecular flexibility index (Phi) is 2.18. The number of rotatable bonds is 1. The lowest BCUT2D eigenvalue weighted by molar-refractivity contribution is -0.151. The number of ketones is 2. The van der Waals surface area contributed by atoms with Crippen LogP contribution in [0.2, 0.25) is 0 Å². The predicted molar refractivity (Wildman–Crippen MR) is 46.6 cm³/mol. The average molecular weight is 200 g/mol. The van der Waals surface area contributed by atoms with Gasteiger partial charge in [-0.15, -0.1) is 0 Å². The number of alkyl halides is 1. The minimum absolute atomic E-state index is 0.00447. The Labute approximate surface area is 81.6 Å². The van der Waals surface area contributed by atoms with E-state index < -0.39 is 17.7 Å². The summed E-state index contributed by atoms with van der Waals surface area (Å²) in [6.45, 7) is 0. The molecule has 14 heavy (non-hydrogen) atoms. The molecule has 0 N–H and O–H groups in total. The first-order valence-corrected chi connectivity index (χ1v) is 4.85. The second-order valence-electron chi connectivity index (χ2n) is 4.10. The summed E-state index contributed by atoms with van der Waals surface area (Å²) < 4.78 is 19.3. The summed E-state index contributed by atoms with van der Waals surface area (Å²) >= 11 is 0. The van der Waals surface area contributed by atoms with Crippen molar-refractivity contribution in [3.05, 3.63) is 0 Å². The summed E-state index contributed by atoms with van der Waals surface area (Å²) in [4.78, 5) is 22.7. The van der Waals surface area contributed by atoms with E-state index in [1.807, 2.05) is 0 Å². The van der Waals surface area contributed by atoms with Crippen LogP contribution in [-0.2, 0) is 14.3 Å². The summed E-state index contributed by atoms with van der Waals surface area (Å²) in [7, 11) is 1.35. The number of carbonyl (C=O) groups excluding carboxylic acids is 2. The third-order valence-corrected chi connectivity index (χ3v) is 3.38. The molecule has 0 heterocycles. The molecule has 2 fully saturated rings. The van der Waals surface area contributed by atoms with Gasteiger partial charge in [-0.2, -0.15) is 0 Å². The summed E-state index contributed by atoms with van der Waals surface area (Å²) in [5.74, 6) is -0.826. The molecule has 0 aromatic heterocycles. The standard InChI is InChI=1S/C10H13FO3/c1-14-9-5-7(12)4-6-2-3-8(13)10(6,9)11/h6,9H,2-5H2,1H3. The van der Waals surface area contributed by atoms with Gasteiger partial charge >= 0.3 is 0 Å². The SMILES string of the molecule is COC1CC(=O)CC2CCC(=O)C21F. The minimum Gasteiger partial charge on any atom is -0.377 e. The van der Waals surface area contributed by atoms with E-state index >= 15 is 0 Å². The maximum Gasteiger partial charge on any atom is 0.198 e. The van der Waals surface area contributed by atoms with Gasteiger partial charge in [0.2, 0.25) is 0 Å². The van der Waals surface area contributed by atoms with Gasteiger partial charge in [0.25, 0.3) is 0 Å². The summed E-state index contributed by atoms with van der Waals surface area (Å²) in [6, 6.07) is 0. The molecule has 0 amide bonds. The van der Waals surface area contributed by atoms with Gasteiger partial charge in [0.15, 0.2) is 11.5 Å². The molecule has 2 rings (SSSR count). The van der Waals surface area contributed by atoms with Gasteiger partial charge in [0, 0.05) is 32.3 Å². The number of hydrogen-bond donors (Lipinski definition) is 0. The van der Waals surface area contributed by atoms with E-state index in [0.29, 0.717) is 6.42 Å². The monoisotopic (exact) mass is 200 g/mol. The molecule has 2 aliphatic carbocycles. The third kappa shape index (κ3) is 1.13. The van der Waals surface area contributed by atoms with Crippen molar-refractivity contribution in [3.8, 4) is 0 Å². The molecule has 2 aliphatic rings. The van der Waals surface area contributed by atoms with Crippen LogP contribution in [0.25, 0.3) is 0 Å². The van der Waals surface area contributed by atoms with Crippen LogP contribution in [0.1, 0.15) is 25.7 Å². The van der Waals surface area contributed by atoms with E-state index in [-0.39, 0.29) is 30.8 Å². The van der Waals surface area contributed by atoms with Crippen LogP contribution in [0.4, 0.5) is 4.39 Å². The number of fused-ring (bicyclic) bond motifs is 1. The van der Waals surface area contributed by atoms with Crippen LogP contribution >= 0.6 is 0 Å². The highest BCUT2D eigenvalue weighted by molar-refractivity contribution is 5.94. The van der Waals surface area contributed by atoms with E-state index in [2.05, 4.69) is 0 Å². The van der Waals surface area contributed by atoms with Crippen molar-refractivity contribution in [3.63, 3.8) is 0 Å². The highest BCUT2D eigenvalue weighted by Gasteiger charge is 2.59.